The molecule has 1 amide bonds. The quantitative estimate of drug-likeness (QED) is 0.702. The van der Waals surface area contributed by atoms with Crippen molar-refractivity contribution in [1.82, 2.24) is 9.80 Å². The molecule has 2 aromatic carbocycles. The molecule has 0 radical (unpaired) electrons. The molecule has 2 aliphatic rings. The third kappa shape index (κ3) is 4.17. The summed E-state index contributed by atoms with van der Waals surface area (Å²) < 4.78 is 10.8. The van der Waals surface area contributed by atoms with E-state index in [1.165, 1.54) is 7.11 Å². The van der Waals surface area contributed by atoms with Crippen molar-refractivity contribution in [2.75, 3.05) is 26.7 Å². The number of nitrogens with zero attached hydrogens (tertiary/aromatic N) is 2. The van der Waals surface area contributed by atoms with Crippen LogP contribution in [0.2, 0.25) is 0 Å². The molecule has 2 fully saturated rings. The number of rotatable bonds is 7. The van der Waals surface area contributed by atoms with Gasteiger partial charge in [0.05, 0.1) is 19.2 Å². The molecule has 30 heavy (non-hydrogen) atoms. The van der Waals surface area contributed by atoms with Crippen LogP contribution in [-0.2, 0) is 22.7 Å². The van der Waals surface area contributed by atoms with Crippen molar-refractivity contribution in [3.63, 3.8) is 0 Å². The van der Waals surface area contributed by atoms with Gasteiger partial charge in [-0.15, -0.1) is 0 Å². The maximum atomic E-state index is 12.0. The monoisotopic (exact) mass is 409 g/mol. The predicted molar refractivity (Wildman–Crippen MR) is 112 cm³/mol. The second-order valence-corrected chi connectivity index (χ2v) is 7.81. The van der Waals surface area contributed by atoms with Gasteiger partial charge in [0, 0.05) is 37.3 Å². The van der Waals surface area contributed by atoms with E-state index in [1.54, 1.807) is 12.1 Å². The summed E-state index contributed by atoms with van der Waals surface area (Å²) in [7, 11) is 1.37. The molecular formula is C23H27N3O4. The smallest absolute Gasteiger partial charge is 0.337 e. The summed E-state index contributed by atoms with van der Waals surface area (Å²) >= 11 is 0. The van der Waals surface area contributed by atoms with Gasteiger partial charge >= 0.3 is 5.97 Å². The molecule has 0 saturated carbocycles. The number of esters is 1. The number of amides is 1. The normalized spacial score (nSPS) is 20.4. The fourth-order valence-electron chi connectivity index (χ4n) is 4.38. The first-order chi connectivity index (χ1) is 14.6. The zero-order chi connectivity index (χ0) is 21.1. The number of benzene rings is 2. The molecule has 2 atom stereocenters. The van der Waals surface area contributed by atoms with Crippen LogP contribution in [0.4, 0.5) is 0 Å². The summed E-state index contributed by atoms with van der Waals surface area (Å²) in [6.07, 6.45) is 1.02. The Kier molecular flexibility index (Phi) is 6.01. The maximum Gasteiger partial charge on any atom is 0.337 e. The van der Waals surface area contributed by atoms with Gasteiger partial charge in [0.2, 0.25) is 5.91 Å². The average molecular weight is 409 g/mol. The van der Waals surface area contributed by atoms with Gasteiger partial charge in [-0.05, 0) is 30.2 Å². The molecule has 2 heterocycles. The topological polar surface area (TPSA) is 85.1 Å². The highest BCUT2D eigenvalue weighted by Crippen LogP contribution is 2.33. The molecule has 2 unspecified atom stereocenters. The second-order valence-electron chi connectivity index (χ2n) is 7.81. The van der Waals surface area contributed by atoms with Crippen LogP contribution in [0, 0.1) is 0 Å². The fraction of sp³-hybridized carbons (Fsp3) is 0.391. The van der Waals surface area contributed by atoms with Crippen molar-refractivity contribution in [3.05, 3.63) is 65.2 Å². The lowest BCUT2D eigenvalue weighted by Gasteiger charge is -2.34. The molecule has 2 saturated heterocycles. The van der Waals surface area contributed by atoms with Crippen LogP contribution in [0.1, 0.15) is 27.9 Å². The van der Waals surface area contributed by atoms with E-state index < -0.39 is 0 Å². The van der Waals surface area contributed by atoms with Crippen LogP contribution >= 0.6 is 0 Å². The number of carbonyl (C=O) groups excluding carboxylic acids is 2. The highest BCUT2D eigenvalue weighted by atomic mass is 16.5. The lowest BCUT2D eigenvalue weighted by Crippen LogP contribution is -2.50. The molecule has 0 spiro atoms. The van der Waals surface area contributed by atoms with Gasteiger partial charge < -0.3 is 20.1 Å². The number of ether oxygens (including phenoxy) is 2. The minimum absolute atomic E-state index is 0.0455. The van der Waals surface area contributed by atoms with Crippen molar-refractivity contribution >= 4 is 11.9 Å². The highest BCUT2D eigenvalue weighted by Gasteiger charge is 2.44. The van der Waals surface area contributed by atoms with E-state index in [0.29, 0.717) is 18.2 Å². The number of para-hydroxylation sites is 1. The molecule has 0 aromatic heterocycles. The van der Waals surface area contributed by atoms with Gasteiger partial charge in [0.15, 0.2) is 0 Å². The van der Waals surface area contributed by atoms with Crippen LogP contribution in [-0.4, -0.2) is 60.5 Å². The van der Waals surface area contributed by atoms with Gasteiger partial charge in [-0.1, -0.05) is 30.3 Å². The number of fused-ring (bicyclic) bond motifs is 2. The first-order valence-corrected chi connectivity index (χ1v) is 10.2. The zero-order valence-corrected chi connectivity index (χ0v) is 17.1. The number of likely N-dealkylation sites (tertiary alicyclic amines) is 2. The Morgan fingerprint density at radius 2 is 1.83 bits per heavy atom. The molecule has 2 N–H and O–H groups in total. The Labute approximate surface area is 176 Å². The summed E-state index contributed by atoms with van der Waals surface area (Å²) in [4.78, 5) is 27.9. The van der Waals surface area contributed by atoms with Gasteiger partial charge in [-0.2, -0.15) is 0 Å². The minimum Gasteiger partial charge on any atom is -0.489 e. The molecule has 2 bridgehead atoms. The molecule has 4 rings (SSSR count). The summed E-state index contributed by atoms with van der Waals surface area (Å²) in [5, 5.41) is 0. The van der Waals surface area contributed by atoms with Crippen molar-refractivity contribution in [3.8, 4) is 5.75 Å². The van der Waals surface area contributed by atoms with E-state index in [0.717, 1.165) is 42.9 Å². The molecular weight excluding hydrogens is 382 g/mol. The summed E-state index contributed by atoms with van der Waals surface area (Å²) in [6.45, 7) is 2.93. The zero-order valence-electron chi connectivity index (χ0n) is 17.1. The summed E-state index contributed by atoms with van der Waals surface area (Å²) in [6, 6.07) is 15.9. The van der Waals surface area contributed by atoms with Crippen molar-refractivity contribution in [2.24, 2.45) is 5.73 Å². The lowest BCUT2D eigenvalue weighted by molar-refractivity contribution is -0.132. The number of hydrogen-bond acceptors (Lipinski definition) is 6. The highest BCUT2D eigenvalue weighted by molar-refractivity contribution is 5.89. The van der Waals surface area contributed by atoms with Crippen molar-refractivity contribution in [1.29, 1.82) is 0 Å². The van der Waals surface area contributed by atoms with Gasteiger partial charge in [-0.3, -0.25) is 9.69 Å². The number of piperazine rings is 1. The molecule has 0 aliphatic carbocycles. The van der Waals surface area contributed by atoms with Crippen LogP contribution in [0.15, 0.2) is 48.5 Å². The van der Waals surface area contributed by atoms with Crippen LogP contribution in [0.5, 0.6) is 5.75 Å². The summed E-state index contributed by atoms with van der Waals surface area (Å²) in [5.74, 6) is 0.552. The van der Waals surface area contributed by atoms with Gasteiger partial charge in [0.25, 0.3) is 0 Å². The second kappa shape index (κ2) is 8.85. The molecule has 7 nitrogen and oxygen atoms in total. The van der Waals surface area contributed by atoms with E-state index in [1.807, 2.05) is 35.2 Å². The number of carbonyl (C=O) groups is 2. The number of nitrogens with two attached hydrogens (primary N) is 1. The first-order valence-electron chi connectivity index (χ1n) is 10.2. The Morgan fingerprint density at radius 3 is 2.50 bits per heavy atom. The minimum atomic E-state index is -0.348. The first kappa shape index (κ1) is 20.4. The molecule has 2 aliphatic heterocycles. The summed E-state index contributed by atoms with van der Waals surface area (Å²) in [5.41, 5.74) is 8.16. The third-order valence-electron chi connectivity index (χ3n) is 5.96. The van der Waals surface area contributed by atoms with Crippen molar-refractivity contribution in [2.45, 2.75) is 31.7 Å². The van der Waals surface area contributed by atoms with Gasteiger partial charge in [-0.25, -0.2) is 4.79 Å². The number of hydrogen-bond donors (Lipinski definition) is 1. The molecule has 7 heteroatoms. The largest absolute Gasteiger partial charge is 0.489 e. The van der Waals surface area contributed by atoms with E-state index in [9.17, 15) is 9.59 Å². The molecule has 158 valence electrons. The lowest BCUT2D eigenvalue weighted by atomic mass is 10.1. The van der Waals surface area contributed by atoms with E-state index in [4.69, 9.17) is 15.2 Å². The van der Waals surface area contributed by atoms with E-state index >= 15 is 0 Å². The Morgan fingerprint density at radius 1 is 1.07 bits per heavy atom. The Balaban J connectivity index is 1.37. The average Bonchev–Trinajstić information content (AvgIpc) is 3.38. The molecule has 2 aromatic rings. The van der Waals surface area contributed by atoms with Crippen LogP contribution in [0.25, 0.3) is 0 Å². The van der Waals surface area contributed by atoms with Crippen LogP contribution in [0.3, 0.4) is 0 Å². The fourth-order valence-corrected chi connectivity index (χ4v) is 4.38. The van der Waals surface area contributed by atoms with Crippen LogP contribution < -0.4 is 10.5 Å². The van der Waals surface area contributed by atoms with Crippen molar-refractivity contribution < 1.29 is 19.1 Å². The Bertz CT molecular complexity index is 915. The van der Waals surface area contributed by atoms with E-state index in [2.05, 4.69) is 11.0 Å². The SMILES string of the molecule is COC(=O)c1ccc(COc2ccccc2CN2CC3CC2CN3C(=O)CN)cc1. The van der Waals surface area contributed by atoms with Gasteiger partial charge in [0.1, 0.15) is 12.4 Å². The van der Waals surface area contributed by atoms with E-state index in [-0.39, 0.29) is 24.5 Å². The Hall–Kier alpha value is -2.90. The third-order valence-corrected chi connectivity index (χ3v) is 5.96. The number of methoxy groups -OCH3 is 1. The predicted octanol–water partition coefficient (Wildman–Crippen LogP) is 1.80. The standard InChI is InChI=1S/C23H27N3O4/c1-29-23(28)17-8-6-16(7-9-17)15-30-21-5-3-2-4-18(21)12-25-13-20-10-19(25)14-26(20)22(27)11-24/h2-9,19-20H,10-15,24H2,1H3. The maximum absolute atomic E-state index is 12.0.